The van der Waals surface area contributed by atoms with Crippen LogP contribution in [-0.4, -0.2) is 62.8 Å². The second-order valence-electron chi connectivity index (χ2n) is 7.18. The first-order valence-electron chi connectivity index (χ1n) is 9.28. The zero-order chi connectivity index (χ0) is 20.7. The molecule has 3 heterocycles. The van der Waals surface area contributed by atoms with Gasteiger partial charge in [-0.2, -0.15) is 0 Å². The summed E-state index contributed by atoms with van der Waals surface area (Å²) in [5.41, 5.74) is -0.685. The smallest absolute Gasteiger partial charge is 0.341 e. The molecule has 2 aliphatic heterocycles. The number of hydrogen-bond acceptors (Lipinski definition) is 6. The van der Waals surface area contributed by atoms with Crippen molar-refractivity contribution in [2.75, 3.05) is 20.2 Å². The molecule has 2 aromatic rings. The summed E-state index contributed by atoms with van der Waals surface area (Å²) in [6, 6.07) is 7.67. The fourth-order valence-electron chi connectivity index (χ4n) is 4.02. The molecule has 1 amide bonds. The monoisotopic (exact) mass is 399 g/mol. The van der Waals surface area contributed by atoms with Crippen LogP contribution in [-0.2, 0) is 13.1 Å². The third-order valence-corrected chi connectivity index (χ3v) is 5.48. The Balaban J connectivity index is 1.68. The number of aromatic carboxylic acids is 1. The Morgan fingerprint density at radius 2 is 1.93 bits per heavy atom. The van der Waals surface area contributed by atoms with Crippen molar-refractivity contribution in [3.8, 4) is 11.5 Å². The molecule has 4 rings (SSSR count). The Morgan fingerprint density at radius 1 is 1.21 bits per heavy atom. The van der Waals surface area contributed by atoms with Crippen LogP contribution in [0.3, 0.4) is 0 Å². The summed E-state index contributed by atoms with van der Waals surface area (Å²) in [7, 11) is 1.61. The predicted octanol–water partition coefficient (Wildman–Crippen LogP) is 0.948. The Bertz CT molecular complexity index is 1030. The lowest BCUT2D eigenvalue weighted by molar-refractivity contribution is -0.0140. The zero-order valence-corrected chi connectivity index (χ0v) is 15.9. The number of methoxy groups -OCH3 is 1. The second-order valence-corrected chi connectivity index (χ2v) is 7.18. The van der Waals surface area contributed by atoms with Gasteiger partial charge in [-0.1, -0.05) is 12.1 Å². The SMILES string of the molecule is COc1ccc(CN2CCCN3C(=O)c4c(O)c(=O)c(C(=O)O)cn4CC23)cc1. The van der Waals surface area contributed by atoms with E-state index in [1.54, 1.807) is 12.0 Å². The van der Waals surface area contributed by atoms with Gasteiger partial charge < -0.3 is 24.4 Å². The number of nitrogens with zero attached hydrogens (tertiary/aromatic N) is 3. The van der Waals surface area contributed by atoms with Gasteiger partial charge in [0.1, 0.15) is 17.5 Å². The Hall–Kier alpha value is -3.33. The maximum Gasteiger partial charge on any atom is 0.341 e. The van der Waals surface area contributed by atoms with Crippen molar-refractivity contribution in [3.63, 3.8) is 0 Å². The topological polar surface area (TPSA) is 112 Å². The lowest BCUT2D eigenvalue weighted by Gasteiger charge is -2.47. The molecule has 1 fully saturated rings. The van der Waals surface area contributed by atoms with Crippen LogP contribution in [0.2, 0.25) is 0 Å². The van der Waals surface area contributed by atoms with Gasteiger partial charge in [0, 0.05) is 25.8 Å². The van der Waals surface area contributed by atoms with Crippen molar-refractivity contribution < 1.29 is 24.5 Å². The van der Waals surface area contributed by atoms with Crippen LogP contribution >= 0.6 is 0 Å². The summed E-state index contributed by atoms with van der Waals surface area (Å²) in [5.74, 6) is -1.95. The highest BCUT2D eigenvalue weighted by Gasteiger charge is 2.40. The van der Waals surface area contributed by atoms with E-state index in [0.717, 1.165) is 30.5 Å². The van der Waals surface area contributed by atoms with Crippen molar-refractivity contribution in [2.45, 2.75) is 25.7 Å². The Labute approximate surface area is 166 Å². The number of rotatable bonds is 4. The first-order chi connectivity index (χ1) is 13.9. The molecule has 0 radical (unpaired) electrons. The van der Waals surface area contributed by atoms with Crippen LogP contribution in [0, 0.1) is 0 Å². The van der Waals surface area contributed by atoms with Crippen LogP contribution in [0.25, 0.3) is 0 Å². The number of carbonyl (C=O) groups excluding carboxylic acids is 1. The third kappa shape index (κ3) is 3.23. The van der Waals surface area contributed by atoms with E-state index in [4.69, 9.17) is 4.74 Å². The van der Waals surface area contributed by atoms with Crippen molar-refractivity contribution >= 4 is 11.9 Å². The summed E-state index contributed by atoms with van der Waals surface area (Å²) in [6.07, 6.45) is 1.61. The van der Waals surface area contributed by atoms with E-state index in [2.05, 4.69) is 4.90 Å². The molecule has 0 bridgehead atoms. The largest absolute Gasteiger partial charge is 0.503 e. The molecule has 152 valence electrons. The van der Waals surface area contributed by atoms with Crippen molar-refractivity contribution in [1.82, 2.24) is 14.4 Å². The zero-order valence-electron chi connectivity index (χ0n) is 15.9. The number of aromatic nitrogens is 1. The Morgan fingerprint density at radius 3 is 2.59 bits per heavy atom. The number of carboxylic acid groups (broad SMARTS) is 1. The molecule has 0 spiro atoms. The summed E-state index contributed by atoms with van der Waals surface area (Å²) >= 11 is 0. The van der Waals surface area contributed by atoms with Gasteiger partial charge in [0.15, 0.2) is 11.4 Å². The van der Waals surface area contributed by atoms with Crippen LogP contribution in [0.15, 0.2) is 35.3 Å². The van der Waals surface area contributed by atoms with Gasteiger partial charge in [-0.15, -0.1) is 0 Å². The van der Waals surface area contributed by atoms with Gasteiger partial charge in [0.2, 0.25) is 5.43 Å². The summed E-state index contributed by atoms with van der Waals surface area (Å²) < 4.78 is 6.57. The number of carbonyl (C=O) groups is 2. The molecule has 1 unspecified atom stereocenters. The normalized spacial score (nSPS) is 18.9. The highest BCUT2D eigenvalue weighted by Crippen LogP contribution is 2.29. The Kier molecular flexibility index (Phi) is 4.75. The van der Waals surface area contributed by atoms with E-state index in [-0.39, 0.29) is 18.4 Å². The van der Waals surface area contributed by atoms with Gasteiger partial charge in [-0.25, -0.2) is 4.79 Å². The van der Waals surface area contributed by atoms with Gasteiger partial charge in [-0.05, 0) is 24.1 Å². The molecular formula is C20H21N3O6. The molecule has 29 heavy (non-hydrogen) atoms. The third-order valence-electron chi connectivity index (χ3n) is 5.48. The van der Waals surface area contributed by atoms with Crippen LogP contribution in [0.4, 0.5) is 0 Å². The maximum atomic E-state index is 13.0. The van der Waals surface area contributed by atoms with E-state index in [9.17, 15) is 24.6 Å². The summed E-state index contributed by atoms with van der Waals surface area (Å²) in [5, 5.41) is 19.5. The van der Waals surface area contributed by atoms with Gasteiger partial charge in [0.05, 0.1) is 13.7 Å². The molecule has 0 aliphatic carbocycles. The minimum absolute atomic E-state index is 0.150. The quantitative estimate of drug-likeness (QED) is 0.787. The predicted molar refractivity (Wildman–Crippen MR) is 102 cm³/mol. The number of carboxylic acids is 1. The van der Waals surface area contributed by atoms with Gasteiger partial charge in [-0.3, -0.25) is 14.5 Å². The fourth-order valence-corrected chi connectivity index (χ4v) is 4.02. The number of ether oxygens (including phenoxy) is 1. The first-order valence-corrected chi connectivity index (χ1v) is 9.28. The molecule has 1 aromatic heterocycles. The highest BCUT2D eigenvalue weighted by molar-refractivity contribution is 5.97. The van der Waals surface area contributed by atoms with E-state index in [0.29, 0.717) is 13.1 Å². The van der Waals surface area contributed by atoms with E-state index >= 15 is 0 Å². The van der Waals surface area contributed by atoms with E-state index in [1.807, 2.05) is 24.3 Å². The lowest BCUT2D eigenvalue weighted by atomic mass is 10.1. The molecule has 1 atom stereocenters. The van der Waals surface area contributed by atoms with Crippen LogP contribution in [0.5, 0.6) is 11.5 Å². The average molecular weight is 399 g/mol. The maximum absolute atomic E-state index is 13.0. The number of aromatic hydroxyl groups is 1. The minimum Gasteiger partial charge on any atom is -0.503 e. The molecular weight excluding hydrogens is 378 g/mol. The molecule has 0 saturated carbocycles. The second kappa shape index (κ2) is 7.25. The molecule has 9 heteroatoms. The molecule has 1 aromatic carbocycles. The summed E-state index contributed by atoms with van der Waals surface area (Å²) in [6.45, 7) is 2.15. The van der Waals surface area contributed by atoms with E-state index in [1.165, 1.54) is 4.57 Å². The van der Waals surface area contributed by atoms with Crippen LogP contribution < -0.4 is 10.2 Å². The van der Waals surface area contributed by atoms with Gasteiger partial charge in [0.25, 0.3) is 5.91 Å². The number of hydrogen-bond donors (Lipinski definition) is 2. The van der Waals surface area contributed by atoms with Crippen molar-refractivity contribution in [3.05, 3.63) is 57.5 Å². The number of amides is 1. The number of benzene rings is 1. The minimum atomic E-state index is -1.44. The molecule has 2 N–H and O–H groups in total. The van der Waals surface area contributed by atoms with Crippen molar-refractivity contribution in [1.29, 1.82) is 0 Å². The number of pyridine rings is 1. The van der Waals surface area contributed by atoms with Crippen molar-refractivity contribution in [2.24, 2.45) is 0 Å². The van der Waals surface area contributed by atoms with Crippen LogP contribution in [0.1, 0.15) is 32.8 Å². The van der Waals surface area contributed by atoms with Gasteiger partial charge >= 0.3 is 5.97 Å². The summed E-state index contributed by atoms with van der Waals surface area (Å²) in [4.78, 5) is 40.2. The average Bonchev–Trinajstić information content (AvgIpc) is 2.71. The first kappa shape index (κ1) is 19.0. The molecule has 2 aliphatic rings. The fraction of sp³-hybridized carbons (Fsp3) is 0.350. The van der Waals surface area contributed by atoms with E-state index < -0.39 is 28.6 Å². The lowest BCUT2D eigenvalue weighted by Crippen LogP contribution is -2.60. The standard InChI is InChI=1S/C20H21N3O6/c1-29-13-5-3-12(4-6-13)9-21-7-2-8-23-15(21)11-22-10-14(20(27)28)17(24)18(25)16(22)19(23)26/h3-6,10,15,25H,2,7-9,11H2,1H3,(H,27,28). The number of fused-ring (bicyclic) bond motifs is 2. The molecule has 1 saturated heterocycles. The molecule has 9 nitrogen and oxygen atoms in total. The highest BCUT2D eigenvalue weighted by atomic mass is 16.5.